The highest BCUT2D eigenvalue weighted by Crippen LogP contribution is 2.49. The van der Waals surface area contributed by atoms with Crippen molar-refractivity contribution in [1.82, 2.24) is 9.97 Å². The van der Waals surface area contributed by atoms with Crippen molar-refractivity contribution >= 4 is 29.2 Å². The SMILES string of the molecule is CCCC1(CNc2nc(Cl)nc3c2SCC3)CC1. The zero-order valence-electron chi connectivity index (χ0n) is 10.6. The zero-order chi connectivity index (χ0) is 12.6. The third-order valence-corrected chi connectivity index (χ3v) is 5.16. The Bertz CT molecular complexity index is 460. The van der Waals surface area contributed by atoms with Crippen LogP contribution in [0.3, 0.4) is 0 Å². The van der Waals surface area contributed by atoms with Gasteiger partial charge in [-0.2, -0.15) is 4.98 Å². The second-order valence-corrected chi connectivity index (χ2v) is 6.76. The Morgan fingerprint density at radius 1 is 1.39 bits per heavy atom. The average Bonchev–Trinajstić information content (AvgIpc) is 2.94. The smallest absolute Gasteiger partial charge is 0.224 e. The van der Waals surface area contributed by atoms with Crippen LogP contribution in [0.25, 0.3) is 0 Å². The minimum atomic E-state index is 0.374. The largest absolute Gasteiger partial charge is 0.368 e. The molecule has 1 fully saturated rings. The summed E-state index contributed by atoms with van der Waals surface area (Å²) in [7, 11) is 0. The van der Waals surface area contributed by atoms with Crippen LogP contribution in [-0.2, 0) is 6.42 Å². The fourth-order valence-corrected chi connectivity index (χ4v) is 3.91. The van der Waals surface area contributed by atoms with E-state index in [2.05, 4.69) is 22.2 Å². The summed E-state index contributed by atoms with van der Waals surface area (Å²) >= 11 is 7.83. The topological polar surface area (TPSA) is 37.8 Å². The number of aryl methyl sites for hydroxylation is 1. The number of hydrogen-bond acceptors (Lipinski definition) is 4. The van der Waals surface area contributed by atoms with E-state index in [1.54, 1.807) is 0 Å². The third kappa shape index (κ3) is 2.45. The van der Waals surface area contributed by atoms with Crippen LogP contribution in [0.5, 0.6) is 0 Å². The number of rotatable bonds is 5. The van der Waals surface area contributed by atoms with Gasteiger partial charge in [-0.25, -0.2) is 4.98 Å². The summed E-state index contributed by atoms with van der Waals surface area (Å²) in [6.45, 7) is 3.29. The molecule has 1 aliphatic carbocycles. The second-order valence-electron chi connectivity index (χ2n) is 5.32. The summed E-state index contributed by atoms with van der Waals surface area (Å²) < 4.78 is 0. The minimum Gasteiger partial charge on any atom is -0.368 e. The quantitative estimate of drug-likeness (QED) is 0.835. The van der Waals surface area contributed by atoms with Gasteiger partial charge in [0.15, 0.2) is 0 Å². The fourth-order valence-electron chi connectivity index (χ4n) is 2.65. The van der Waals surface area contributed by atoms with Crippen molar-refractivity contribution in [2.24, 2.45) is 5.41 Å². The Hall–Kier alpha value is -0.480. The molecule has 2 heterocycles. The number of hydrogen-bond donors (Lipinski definition) is 1. The standard InChI is InChI=1S/C13H18ClN3S/c1-2-4-13(5-6-13)8-15-11-10-9(3-7-18-10)16-12(14)17-11/h2-8H2,1H3,(H,15,16,17). The molecule has 2 aliphatic rings. The normalized spacial score (nSPS) is 19.7. The van der Waals surface area contributed by atoms with Crippen molar-refractivity contribution in [3.05, 3.63) is 11.0 Å². The third-order valence-electron chi connectivity index (χ3n) is 3.86. The Morgan fingerprint density at radius 2 is 2.22 bits per heavy atom. The van der Waals surface area contributed by atoms with E-state index >= 15 is 0 Å². The van der Waals surface area contributed by atoms with Crippen molar-refractivity contribution in [2.45, 2.75) is 43.9 Å². The first-order valence-corrected chi connectivity index (χ1v) is 8.02. The molecule has 0 radical (unpaired) electrons. The number of thioether (sulfide) groups is 1. The molecule has 0 unspecified atom stereocenters. The molecular weight excluding hydrogens is 266 g/mol. The van der Waals surface area contributed by atoms with Gasteiger partial charge in [0.2, 0.25) is 5.28 Å². The molecule has 98 valence electrons. The van der Waals surface area contributed by atoms with Gasteiger partial charge >= 0.3 is 0 Å². The molecule has 3 rings (SSSR count). The summed E-state index contributed by atoms with van der Waals surface area (Å²) in [5, 5.41) is 3.89. The number of nitrogens with zero attached hydrogens (tertiary/aromatic N) is 2. The van der Waals surface area contributed by atoms with Crippen LogP contribution in [0.15, 0.2) is 4.90 Å². The van der Waals surface area contributed by atoms with Crippen molar-refractivity contribution in [3.8, 4) is 0 Å². The molecule has 0 bridgehead atoms. The zero-order valence-corrected chi connectivity index (χ0v) is 12.2. The molecule has 5 heteroatoms. The minimum absolute atomic E-state index is 0.374. The van der Waals surface area contributed by atoms with Crippen LogP contribution in [0.4, 0.5) is 5.82 Å². The molecule has 0 saturated heterocycles. The summed E-state index contributed by atoms with van der Waals surface area (Å²) in [4.78, 5) is 9.88. The van der Waals surface area contributed by atoms with E-state index in [0.29, 0.717) is 10.7 Å². The molecule has 18 heavy (non-hydrogen) atoms. The molecule has 1 aromatic rings. The lowest BCUT2D eigenvalue weighted by atomic mass is 10.0. The van der Waals surface area contributed by atoms with Crippen LogP contribution < -0.4 is 5.32 Å². The summed E-state index contributed by atoms with van der Waals surface area (Å²) in [5.74, 6) is 2.05. The lowest BCUT2D eigenvalue weighted by Crippen LogP contribution is -2.16. The lowest BCUT2D eigenvalue weighted by Gasteiger charge is -2.16. The van der Waals surface area contributed by atoms with Crippen LogP contribution in [-0.4, -0.2) is 22.3 Å². The number of nitrogens with one attached hydrogen (secondary N) is 1. The Balaban J connectivity index is 1.73. The van der Waals surface area contributed by atoms with Crippen LogP contribution in [0.2, 0.25) is 5.28 Å². The first-order valence-electron chi connectivity index (χ1n) is 6.65. The average molecular weight is 284 g/mol. The van der Waals surface area contributed by atoms with Gasteiger partial charge < -0.3 is 5.32 Å². The predicted molar refractivity (Wildman–Crippen MR) is 76.5 cm³/mol. The molecule has 1 saturated carbocycles. The van der Waals surface area contributed by atoms with Crippen molar-refractivity contribution in [2.75, 3.05) is 17.6 Å². The van der Waals surface area contributed by atoms with Gasteiger partial charge in [0.25, 0.3) is 0 Å². The molecular formula is C13H18ClN3S. The highest BCUT2D eigenvalue weighted by Gasteiger charge is 2.41. The first-order chi connectivity index (χ1) is 8.72. The van der Waals surface area contributed by atoms with Crippen molar-refractivity contribution in [3.63, 3.8) is 0 Å². The highest BCUT2D eigenvalue weighted by molar-refractivity contribution is 7.99. The second kappa shape index (κ2) is 4.89. The highest BCUT2D eigenvalue weighted by atomic mass is 35.5. The Kier molecular flexibility index (Phi) is 3.41. The maximum absolute atomic E-state index is 5.98. The van der Waals surface area contributed by atoms with E-state index in [0.717, 1.165) is 30.2 Å². The number of anilines is 1. The molecule has 0 amide bonds. The van der Waals surface area contributed by atoms with Crippen LogP contribution in [0.1, 0.15) is 38.3 Å². The van der Waals surface area contributed by atoms with Gasteiger partial charge in [0, 0.05) is 18.7 Å². The van der Waals surface area contributed by atoms with E-state index < -0.39 is 0 Å². The van der Waals surface area contributed by atoms with Crippen molar-refractivity contribution < 1.29 is 0 Å². The van der Waals surface area contributed by atoms with Gasteiger partial charge in [-0.05, 0) is 36.3 Å². The summed E-state index contributed by atoms with van der Waals surface area (Å²) in [5.41, 5.74) is 1.64. The first kappa shape index (κ1) is 12.5. The van der Waals surface area contributed by atoms with E-state index in [-0.39, 0.29) is 0 Å². The monoisotopic (exact) mass is 283 g/mol. The van der Waals surface area contributed by atoms with E-state index in [9.17, 15) is 0 Å². The van der Waals surface area contributed by atoms with E-state index in [4.69, 9.17) is 11.6 Å². The van der Waals surface area contributed by atoms with Gasteiger partial charge in [0.05, 0.1) is 10.6 Å². The number of aromatic nitrogens is 2. The molecule has 1 N–H and O–H groups in total. The van der Waals surface area contributed by atoms with Gasteiger partial charge in [-0.1, -0.05) is 13.3 Å². The maximum atomic E-state index is 5.98. The fraction of sp³-hybridized carbons (Fsp3) is 0.692. The molecule has 0 atom stereocenters. The van der Waals surface area contributed by atoms with E-state index in [1.165, 1.54) is 30.6 Å². The van der Waals surface area contributed by atoms with Gasteiger partial charge in [-0.3, -0.25) is 0 Å². The molecule has 0 spiro atoms. The molecule has 1 aromatic heterocycles. The van der Waals surface area contributed by atoms with Crippen molar-refractivity contribution in [1.29, 1.82) is 0 Å². The Labute approximate surface area is 117 Å². The van der Waals surface area contributed by atoms with Crippen LogP contribution in [0, 0.1) is 5.41 Å². The van der Waals surface area contributed by atoms with E-state index in [1.807, 2.05) is 11.8 Å². The summed E-state index contributed by atoms with van der Waals surface area (Å²) in [6, 6.07) is 0. The molecule has 0 aromatic carbocycles. The maximum Gasteiger partial charge on any atom is 0.224 e. The summed E-state index contributed by atoms with van der Waals surface area (Å²) in [6.07, 6.45) is 6.29. The Morgan fingerprint density at radius 3 is 2.94 bits per heavy atom. The number of halogens is 1. The molecule has 3 nitrogen and oxygen atoms in total. The van der Waals surface area contributed by atoms with Crippen LogP contribution >= 0.6 is 23.4 Å². The van der Waals surface area contributed by atoms with Gasteiger partial charge in [-0.15, -0.1) is 11.8 Å². The lowest BCUT2D eigenvalue weighted by molar-refractivity contribution is 0.484. The molecule has 1 aliphatic heterocycles. The predicted octanol–water partition coefficient (Wildman–Crippen LogP) is 3.77. The number of fused-ring (bicyclic) bond motifs is 1. The van der Waals surface area contributed by atoms with Gasteiger partial charge in [0.1, 0.15) is 5.82 Å².